The highest BCUT2D eigenvalue weighted by Gasteiger charge is 2.52. The average molecular weight is 549 g/mol. The lowest BCUT2D eigenvalue weighted by molar-refractivity contribution is 0.600. The van der Waals surface area contributed by atoms with Crippen LogP contribution in [0.4, 0.5) is 0 Å². The molecule has 6 aromatic rings. The van der Waals surface area contributed by atoms with E-state index in [1.807, 2.05) is 0 Å². The zero-order valence-corrected chi connectivity index (χ0v) is 24.7. The number of aryl methyl sites for hydroxylation is 1. The van der Waals surface area contributed by atoms with E-state index in [-0.39, 0.29) is 0 Å². The molecule has 0 aliphatic rings. The molecule has 0 saturated carbocycles. The zero-order valence-electron chi connectivity index (χ0n) is 22.7. The average Bonchev–Trinajstić information content (AvgIpc) is 3.05. The van der Waals surface area contributed by atoms with E-state index in [0.717, 1.165) is 0 Å². The van der Waals surface area contributed by atoms with Gasteiger partial charge >= 0.3 is 0 Å². The van der Waals surface area contributed by atoms with Crippen molar-refractivity contribution >= 4 is 47.8 Å². The van der Waals surface area contributed by atoms with Crippen molar-refractivity contribution in [2.45, 2.75) is 6.92 Å². The Morgan fingerprint density at radius 1 is 0.300 bits per heavy atom. The van der Waals surface area contributed by atoms with Gasteiger partial charge in [-0.2, -0.15) is 0 Å². The van der Waals surface area contributed by atoms with Crippen molar-refractivity contribution in [1.29, 1.82) is 0 Å². The molecule has 40 heavy (non-hydrogen) atoms. The molecule has 0 aliphatic carbocycles. The maximum absolute atomic E-state index is 8.26. The van der Waals surface area contributed by atoms with Gasteiger partial charge in [-0.05, 0) is 38.0 Å². The Hall–Kier alpha value is -4.29. The van der Waals surface area contributed by atoms with Gasteiger partial charge < -0.3 is 4.12 Å². The quantitative estimate of drug-likeness (QED) is 0.199. The van der Waals surface area contributed by atoms with Crippen molar-refractivity contribution in [2.75, 3.05) is 0 Å². The summed E-state index contributed by atoms with van der Waals surface area (Å²) in [5.41, 5.74) is 1.24. The third-order valence-electron chi connectivity index (χ3n) is 7.67. The molecule has 6 rings (SSSR count). The van der Waals surface area contributed by atoms with Crippen molar-refractivity contribution in [3.63, 3.8) is 0 Å². The van der Waals surface area contributed by atoms with Crippen molar-refractivity contribution in [2.24, 2.45) is 0 Å². The van der Waals surface area contributed by atoms with Crippen LogP contribution in [0.2, 0.25) is 0 Å². The van der Waals surface area contributed by atoms with Crippen LogP contribution in [0.15, 0.2) is 176 Å². The normalized spacial score (nSPS) is 11.7. The largest absolute Gasteiger partial charge is 0.435 e. The summed E-state index contributed by atoms with van der Waals surface area (Å²) in [4.78, 5) is 0. The van der Waals surface area contributed by atoms with Crippen LogP contribution in [-0.2, 0) is 4.12 Å². The summed E-state index contributed by atoms with van der Waals surface area (Å²) in [6, 6.07) is 63.6. The van der Waals surface area contributed by atoms with Gasteiger partial charge in [0.1, 0.15) is 0 Å². The zero-order chi connectivity index (χ0) is 27.3. The van der Waals surface area contributed by atoms with Crippen LogP contribution < -0.4 is 31.1 Å². The molecule has 0 amide bonds. The molecule has 0 aliphatic heterocycles. The molecule has 6 aromatic carbocycles. The highest BCUT2D eigenvalue weighted by Crippen LogP contribution is 2.19. The minimum atomic E-state index is -3.07. The van der Waals surface area contributed by atoms with Gasteiger partial charge in [0.2, 0.25) is 0 Å². The Morgan fingerprint density at radius 2 is 0.525 bits per heavy atom. The minimum Gasteiger partial charge on any atom is -0.435 e. The van der Waals surface area contributed by atoms with Gasteiger partial charge in [-0.1, -0.05) is 181 Å². The highest BCUT2D eigenvalue weighted by molar-refractivity contribution is 7.18. The van der Waals surface area contributed by atoms with Crippen LogP contribution in [0.3, 0.4) is 0 Å². The van der Waals surface area contributed by atoms with Crippen LogP contribution in [0.25, 0.3) is 0 Å². The Balaban J connectivity index is 1.76. The van der Waals surface area contributed by atoms with Crippen LogP contribution >= 0.6 is 0 Å². The van der Waals surface area contributed by atoms with Crippen LogP contribution in [0.5, 0.6) is 0 Å². The van der Waals surface area contributed by atoms with E-state index in [4.69, 9.17) is 4.12 Å². The SMILES string of the molecule is Cc1ccc([Si](O[Si](c2ccccc2)(c2ccccc2)c2ccccc2)(c2ccccc2)c2ccccc2)cc1. The highest BCUT2D eigenvalue weighted by atomic mass is 28.4. The van der Waals surface area contributed by atoms with Gasteiger partial charge in [-0.25, -0.2) is 0 Å². The fraction of sp³-hybridized carbons (Fsp3) is 0.0270. The van der Waals surface area contributed by atoms with Crippen LogP contribution in [-0.4, -0.2) is 16.6 Å². The Morgan fingerprint density at radius 3 is 0.775 bits per heavy atom. The number of hydrogen-bond donors (Lipinski definition) is 0. The van der Waals surface area contributed by atoms with Crippen molar-refractivity contribution in [1.82, 2.24) is 0 Å². The molecule has 3 heteroatoms. The first-order valence-electron chi connectivity index (χ1n) is 13.8. The topological polar surface area (TPSA) is 9.23 Å². The van der Waals surface area contributed by atoms with E-state index in [2.05, 4.69) is 183 Å². The van der Waals surface area contributed by atoms with Gasteiger partial charge in [0, 0.05) is 0 Å². The first-order valence-corrected chi connectivity index (χ1v) is 17.6. The fourth-order valence-electron chi connectivity index (χ4n) is 5.74. The van der Waals surface area contributed by atoms with Crippen molar-refractivity contribution in [3.8, 4) is 0 Å². The number of rotatable bonds is 8. The lowest BCUT2D eigenvalue weighted by Gasteiger charge is -2.44. The molecule has 0 bridgehead atoms. The summed E-state index contributed by atoms with van der Waals surface area (Å²) in [5.74, 6) is 0. The minimum absolute atomic E-state index is 1.24. The molecule has 0 aromatic heterocycles. The monoisotopic (exact) mass is 548 g/mol. The summed E-state index contributed by atoms with van der Waals surface area (Å²) in [5, 5.41) is 7.44. The maximum Gasteiger partial charge on any atom is 0.278 e. The van der Waals surface area contributed by atoms with Crippen molar-refractivity contribution in [3.05, 3.63) is 181 Å². The van der Waals surface area contributed by atoms with E-state index in [1.54, 1.807) is 0 Å². The molecule has 194 valence electrons. The molecule has 0 N–H and O–H groups in total. The van der Waals surface area contributed by atoms with E-state index >= 15 is 0 Å². The summed E-state index contributed by atoms with van der Waals surface area (Å²) in [6.45, 7) is 2.15. The van der Waals surface area contributed by atoms with E-state index in [9.17, 15) is 0 Å². The second-order valence-corrected chi connectivity index (χ2v) is 17.2. The van der Waals surface area contributed by atoms with E-state index in [0.29, 0.717) is 0 Å². The third kappa shape index (κ3) is 4.69. The summed E-state index contributed by atoms with van der Waals surface area (Å²) < 4.78 is 8.26. The van der Waals surface area contributed by atoms with Crippen LogP contribution in [0, 0.1) is 6.92 Å². The Kier molecular flexibility index (Phi) is 7.43. The van der Waals surface area contributed by atoms with Gasteiger partial charge in [0.15, 0.2) is 0 Å². The first-order chi connectivity index (χ1) is 19.7. The predicted octanol–water partition coefficient (Wildman–Crippen LogP) is 4.65. The molecule has 1 nitrogen and oxygen atoms in total. The van der Waals surface area contributed by atoms with Gasteiger partial charge in [0.25, 0.3) is 16.6 Å². The number of benzene rings is 6. The standard InChI is InChI=1S/C37H32OSi2/c1-31-27-29-37(30-28-31)40(35-23-13-5-14-24-35,36-25-15-6-16-26-36)38-39(32-17-7-2-8-18-32,33-19-9-3-10-20-33)34-21-11-4-12-22-34/h2-30H,1H3. The molecule has 0 saturated heterocycles. The number of hydrogen-bond acceptors (Lipinski definition) is 1. The second-order valence-electron chi connectivity index (χ2n) is 10.2. The smallest absolute Gasteiger partial charge is 0.278 e. The second kappa shape index (κ2) is 11.4. The van der Waals surface area contributed by atoms with Gasteiger partial charge in [-0.15, -0.1) is 0 Å². The maximum atomic E-state index is 8.26. The Bertz CT molecular complexity index is 1500. The molecular weight excluding hydrogens is 517 g/mol. The van der Waals surface area contributed by atoms with E-state index in [1.165, 1.54) is 36.7 Å². The summed E-state index contributed by atoms with van der Waals surface area (Å²) in [7, 11) is -6.13. The van der Waals surface area contributed by atoms with Crippen LogP contribution in [0.1, 0.15) is 5.56 Å². The first kappa shape index (κ1) is 26.0. The lowest BCUT2D eigenvalue weighted by atomic mass is 10.2. The molecule has 0 heterocycles. The molecule has 0 fully saturated rings. The Labute approximate surface area is 239 Å². The lowest BCUT2D eigenvalue weighted by Crippen LogP contribution is -2.81. The molecule has 0 spiro atoms. The summed E-state index contributed by atoms with van der Waals surface area (Å²) in [6.07, 6.45) is 0. The molecule has 0 radical (unpaired) electrons. The predicted molar refractivity (Wildman–Crippen MR) is 174 cm³/mol. The molecular formula is C37H32OSi2. The van der Waals surface area contributed by atoms with Gasteiger partial charge in [-0.3, -0.25) is 0 Å². The fourth-order valence-corrected chi connectivity index (χ4v) is 16.3. The van der Waals surface area contributed by atoms with Gasteiger partial charge in [0.05, 0.1) is 0 Å². The third-order valence-corrected chi connectivity index (χ3v) is 17.0. The van der Waals surface area contributed by atoms with E-state index < -0.39 is 16.6 Å². The molecule has 0 atom stereocenters. The summed E-state index contributed by atoms with van der Waals surface area (Å²) >= 11 is 0. The molecule has 0 unspecified atom stereocenters. The van der Waals surface area contributed by atoms with Crippen molar-refractivity contribution < 1.29 is 4.12 Å².